The third kappa shape index (κ3) is 4.18. The number of carbonyl (C=O) groups excluding carboxylic acids is 1. The summed E-state index contributed by atoms with van der Waals surface area (Å²) in [5.41, 5.74) is 3.40. The van der Waals surface area contributed by atoms with E-state index in [-0.39, 0.29) is 25.4 Å². The second-order valence-electron chi connectivity index (χ2n) is 6.52. The van der Waals surface area contributed by atoms with Crippen molar-refractivity contribution in [3.05, 3.63) is 70.2 Å². The minimum absolute atomic E-state index is 0.183. The number of anilines is 1. The van der Waals surface area contributed by atoms with Gasteiger partial charge in [0.05, 0.1) is 12.5 Å². The highest BCUT2D eigenvalue weighted by atomic mass is 16.5. The zero-order valence-corrected chi connectivity index (χ0v) is 15.8. The zero-order valence-electron chi connectivity index (χ0n) is 15.8. The topological polar surface area (TPSA) is 92.1 Å². The standard InChI is InChI=1S/C21H20N4O3/c1-15-11-16(2)13-18(12-15)24(10-6-9-22)19(26)14-25-20(23-28-21(25)27)17-7-4-3-5-8-17/h3-5,7-8,11-13H,6,10,14H2,1-2H3. The van der Waals surface area contributed by atoms with E-state index in [1.54, 1.807) is 12.1 Å². The molecule has 0 unspecified atom stereocenters. The number of hydrogen-bond acceptors (Lipinski definition) is 5. The van der Waals surface area contributed by atoms with E-state index in [2.05, 4.69) is 11.2 Å². The molecule has 0 saturated carbocycles. The predicted molar refractivity (Wildman–Crippen MR) is 105 cm³/mol. The summed E-state index contributed by atoms with van der Waals surface area (Å²) in [6.07, 6.45) is 0.183. The van der Waals surface area contributed by atoms with Gasteiger partial charge < -0.3 is 4.90 Å². The Morgan fingerprint density at radius 1 is 1.18 bits per heavy atom. The molecule has 7 nitrogen and oxygen atoms in total. The van der Waals surface area contributed by atoms with Crippen molar-refractivity contribution < 1.29 is 9.32 Å². The van der Waals surface area contributed by atoms with Gasteiger partial charge in [-0.05, 0) is 37.1 Å². The van der Waals surface area contributed by atoms with E-state index in [0.717, 1.165) is 11.1 Å². The van der Waals surface area contributed by atoms with Crippen molar-refractivity contribution in [1.29, 1.82) is 5.26 Å². The number of carbonyl (C=O) groups is 1. The van der Waals surface area contributed by atoms with Crippen molar-refractivity contribution in [1.82, 2.24) is 9.72 Å². The van der Waals surface area contributed by atoms with Crippen LogP contribution in [0.15, 0.2) is 57.8 Å². The average Bonchev–Trinajstić information content (AvgIpc) is 3.02. The van der Waals surface area contributed by atoms with Crippen molar-refractivity contribution in [3.63, 3.8) is 0 Å². The summed E-state index contributed by atoms with van der Waals surface area (Å²) in [6, 6.07) is 16.9. The number of benzene rings is 2. The Labute approximate surface area is 162 Å². The van der Waals surface area contributed by atoms with Crippen molar-refractivity contribution in [2.24, 2.45) is 0 Å². The molecule has 2 aromatic carbocycles. The molecule has 0 aliphatic rings. The quantitative estimate of drug-likeness (QED) is 0.659. The molecule has 0 spiro atoms. The minimum Gasteiger partial charge on any atom is -0.310 e. The van der Waals surface area contributed by atoms with E-state index < -0.39 is 5.76 Å². The van der Waals surface area contributed by atoms with Gasteiger partial charge in [-0.2, -0.15) is 5.26 Å². The maximum absolute atomic E-state index is 13.1. The lowest BCUT2D eigenvalue weighted by Gasteiger charge is -2.23. The first-order valence-corrected chi connectivity index (χ1v) is 8.87. The van der Waals surface area contributed by atoms with Crippen LogP contribution in [0.2, 0.25) is 0 Å². The van der Waals surface area contributed by atoms with Crippen LogP contribution in [0.25, 0.3) is 11.4 Å². The van der Waals surface area contributed by atoms with Gasteiger partial charge in [0.1, 0.15) is 6.54 Å². The fourth-order valence-corrected chi connectivity index (χ4v) is 3.09. The van der Waals surface area contributed by atoms with Crippen molar-refractivity contribution in [2.45, 2.75) is 26.8 Å². The molecule has 1 aromatic heterocycles. The Hall–Kier alpha value is -3.66. The van der Waals surface area contributed by atoms with Crippen LogP contribution in [-0.4, -0.2) is 22.2 Å². The third-order valence-electron chi connectivity index (χ3n) is 4.28. The van der Waals surface area contributed by atoms with E-state index >= 15 is 0 Å². The van der Waals surface area contributed by atoms with Crippen LogP contribution in [-0.2, 0) is 11.3 Å². The third-order valence-corrected chi connectivity index (χ3v) is 4.28. The van der Waals surface area contributed by atoms with Gasteiger partial charge in [0.25, 0.3) is 0 Å². The van der Waals surface area contributed by atoms with E-state index in [1.807, 2.05) is 50.2 Å². The molecule has 0 saturated heterocycles. The molecule has 7 heteroatoms. The van der Waals surface area contributed by atoms with Gasteiger partial charge in [0.2, 0.25) is 5.91 Å². The first kappa shape index (κ1) is 19.1. The number of nitriles is 1. The molecule has 0 aliphatic heterocycles. The molecule has 0 bridgehead atoms. The molecule has 1 amide bonds. The molecular formula is C21H20N4O3. The van der Waals surface area contributed by atoms with Crippen LogP contribution in [0.4, 0.5) is 5.69 Å². The van der Waals surface area contributed by atoms with Gasteiger partial charge in [-0.25, -0.2) is 9.36 Å². The molecule has 0 aliphatic carbocycles. The highest BCUT2D eigenvalue weighted by Crippen LogP contribution is 2.21. The van der Waals surface area contributed by atoms with Gasteiger partial charge in [-0.3, -0.25) is 9.32 Å². The van der Waals surface area contributed by atoms with Gasteiger partial charge in [0.15, 0.2) is 5.82 Å². The Morgan fingerprint density at radius 2 is 1.86 bits per heavy atom. The van der Waals surface area contributed by atoms with E-state index in [4.69, 9.17) is 9.78 Å². The molecule has 142 valence electrons. The summed E-state index contributed by atoms with van der Waals surface area (Å²) < 4.78 is 6.00. The molecule has 0 fully saturated rings. The lowest BCUT2D eigenvalue weighted by molar-refractivity contribution is -0.119. The monoisotopic (exact) mass is 376 g/mol. The van der Waals surface area contributed by atoms with E-state index in [1.165, 1.54) is 9.47 Å². The van der Waals surface area contributed by atoms with Gasteiger partial charge in [-0.15, -0.1) is 0 Å². The molecule has 3 aromatic rings. The van der Waals surface area contributed by atoms with Crippen molar-refractivity contribution >= 4 is 11.6 Å². The number of aromatic nitrogens is 2. The zero-order chi connectivity index (χ0) is 20.1. The molecular weight excluding hydrogens is 356 g/mol. The molecule has 0 radical (unpaired) electrons. The smallest absolute Gasteiger partial charge is 0.310 e. The normalized spacial score (nSPS) is 10.5. The summed E-state index contributed by atoms with van der Waals surface area (Å²) in [4.78, 5) is 26.7. The SMILES string of the molecule is Cc1cc(C)cc(N(CCC#N)C(=O)Cn2c(-c3ccccc3)noc2=O)c1. The molecule has 1 heterocycles. The van der Waals surface area contributed by atoms with Crippen molar-refractivity contribution in [2.75, 3.05) is 11.4 Å². The van der Waals surface area contributed by atoms with Gasteiger partial charge >= 0.3 is 5.76 Å². The highest BCUT2D eigenvalue weighted by Gasteiger charge is 2.21. The Morgan fingerprint density at radius 3 is 2.50 bits per heavy atom. The lowest BCUT2D eigenvalue weighted by atomic mass is 10.1. The van der Waals surface area contributed by atoms with E-state index in [0.29, 0.717) is 17.1 Å². The fraction of sp³-hybridized carbons (Fsp3) is 0.238. The maximum Gasteiger partial charge on any atom is 0.442 e. The summed E-state index contributed by atoms with van der Waals surface area (Å²) >= 11 is 0. The van der Waals surface area contributed by atoms with Crippen LogP contribution < -0.4 is 10.7 Å². The average molecular weight is 376 g/mol. The molecule has 3 rings (SSSR count). The van der Waals surface area contributed by atoms with Crippen LogP contribution in [0, 0.1) is 25.2 Å². The first-order chi connectivity index (χ1) is 13.5. The number of hydrogen-bond donors (Lipinski definition) is 0. The Kier molecular flexibility index (Phi) is 5.70. The molecule has 0 atom stereocenters. The van der Waals surface area contributed by atoms with Crippen LogP contribution >= 0.6 is 0 Å². The number of amides is 1. The maximum atomic E-state index is 13.1. The number of aryl methyl sites for hydroxylation is 2. The Bertz CT molecular complexity index is 1060. The largest absolute Gasteiger partial charge is 0.442 e. The summed E-state index contributed by atoms with van der Waals surface area (Å²) in [7, 11) is 0. The predicted octanol–water partition coefficient (Wildman–Crippen LogP) is 3.07. The van der Waals surface area contributed by atoms with Crippen LogP contribution in [0.3, 0.4) is 0 Å². The second-order valence-corrected chi connectivity index (χ2v) is 6.52. The minimum atomic E-state index is -0.701. The summed E-state index contributed by atoms with van der Waals surface area (Å²) in [6.45, 7) is 3.90. The fourth-order valence-electron chi connectivity index (χ4n) is 3.09. The second kappa shape index (κ2) is 8.35. The summed E-state index contributed by atoms with van der Waals surface area (Å²) in [5.74, 6) is -0.727. The molecule has 0 N–H and O–H groups in total. The lowest BCUT2D eigenvalue weighted by Crippen LogP contribution is -2.36. The van der Waals surface area contributed by atoms with Crippen LogP contribution in [0.5, 0.6) is 0 Å². The Balaban J connectivity index is 1.94. The number of rotatable bonds is 6. The summed E-state index contributed by atoms with van der Waals surface area (Å²) in [5, 5.41) is 12.8. The number of nitrogens with zero attached hydrogens (tertiary/aromatic N) is 4. The highest BCUT2D eigenvalue weighted by molar-refractivity contribution is 5.93. The van der Waals surface area contributed by atoms with Gasteiger partial charge in [-0.1, -0.05) is 41.6 Å². The van der Waals surface area contributed by atoms with Crippen LogP contribution in [0.1, 0.15) is 17.5 Å². The van der Waals surface area contributed by atoms with E-state index in [9.17, 15) is 9.59 Å². The first-order valence-electron chi connectivity index (χ1n) is 8.87. The molecule has 28 heavy (non-hydrogen) atoms. The van der Waals surface area contributed by atoms with Crippen molar-refractivity contribution in [3.8, 4) is 17.5 Å². The van der Waals surface area contributed by atoms with Gasteiger partial charge in [0, 0.05) is 17.8 Å².